The van der Waals surface area contributed by atoms with Crippen LogP contribution in [0.2, 0.25) is 0 Å². The average molecular weight is 471 g/mol. The summed E-state index contributed by atoms with van der Waals surface area (Å²) in [6.45, 7) is -0.384. The van der Waals surface area contributed by atoms with Crippen molar-refractivity contribution in [1.29, 1.82) is 0 Å². The quantitative estimate of drug-likeness (QED) is 0.339. The fourth-order valence-electron chi connectivity index (χ4n) is 2.92. The van der Waals surface area contributed by atoms with Crippen molar-refractivity contribution in [3.05, 3.63) is 96.1 Å². The molecular weight excluding hydrogens is 448 g/mol. The molecule has 3 rings (SSSR count). The summed E-state index contributed by atoms with van der Waals surface area (Å²) < 4.78 is 33.8. The van der Waals surface area contributed by atoms with Crippen molar-refractivity contribution in [3.8, 4) is 11.5 Å². The highest BCUT2D eigenvalue weighted by Crippen LogP contribution is 2.33. The van der Waals surface area contributed by atoms with Gasteiger partial charge >= 0.3 is 16.1 Å². The lowest BCUT2D eigenvalue weighted by molar-refractivity contribution is -0.139. The molecule has 1 N–H and O–H groups in total. The fraction of sp³-hybridized carbons (Fsp3) is 0.125. The molecule has 0 saturated carbocycles. The predicted octanol–water partition coefficient (Wildman–Crippen LogP) is 4.71. The van der Waals surface area contributed by atoms with Gasteiger partial charge in [0, 0.05) is 16.2 Å². The normalized spacial score (nSPS) is 11.7. The van der Waals surface area contributed by atoms with E-state index in [1.165, 1.54) is 0 Å². The Balaban J connectivity index is 1.83. The molecule has 0 saturated heterocycles. The summed E-state index contributed by atoms with van der Waals surface area (Å²) in [5.74, 6) is 0.355. The summed E-state index contributed by atoms with van der Waals surface area (Å²) in [5, 5.41) is 8.69. The van der Waals surface area contributed by atoms with Crippen LogP contribution in [-0.2, 0) is 14.9 Å². The summed E-state index contributed by atoms with van der Waals surface area (Å²) in [6, 6.07) is 23.9. The van der Waals surface area contributed by atoms with Crippen LogP contribution in [0.3, 0.4) is 0 Å². The van der Waals surface area contributed by atoms with E-state index in [1.54, 1.807) is 36.0 Å². The van der Waals surface area contributed by atoms with Gasteiger partial charge in [-0.05, 0) is 41.5 Å². The van der Waals surface area contributed by atoms with Gasteiger partial charge in [-0.3, -0.25) is 0 Å². The molecule has 3 aromatic rings. The van der Waals surface area contributed by atoms with E-state index in [0.29, 0.717) is 17.1 Å². The van der Waals surface area contributed by atoms with Gasteiger partial charge in [0.15, 0.2) is 6.61 Å². The lowest BCUT2D eigenvalue weighted by Gasteiger charge is -2.14. The van der Waals surface area contributed by atoms with Gasteiger partial charge in [-0.2, -0.15) is 8.42 Å². The third kappa shape index (κ3) is 7.18. The lowest BCUT2D eigenvalue weighted by atomic mass is 9.97. The van der Waals surface area contributed by atoms with Gasteiger partial charge in [-0.25, -0.2) is 4.79 Å². The summed E-state index contributed by atoms with van der Waals surface area (Å²) in [6.07, 6.45) is 3.05. The first-order chi connectivity index (χ1) is 15.3. The van der Waals surface area contributed by atoms with Crippen molar-refractivity contribution in [2.24, 2.45) is 0 Å². The fourth-order valence-corrected chi connectivity index (χ4v) is 4.17. The second kappa shape index (κ2) is 10.9. The number of rotatable bonds is 10. The number of carboxylic acid groups (broad SMARTS) is 1. The number of hydrogen-bond donors (Lipinski definition) is 1. The number of carboxylic acids is 1. The van der Waals surface area contributed by atoms with Crippen molar-refractivity contribution in [2.45, 2.75) is 4.90 Å². The van der Waals surface area contributed by atoms with Gasteiger partial charge < -0.3 is 14.0 Å². The molecule has 0 spiro atoms. The average Bonchev–Trinajstić information content (AvgIpc) is 2.76. The second-order valence-corrected chi connectivity index (χ2v) is 9.40. The summed E-state index contributed by atoms with van der Waals surface area (Å²) in [7, 11) is -3.67. The molecule has 0 unspecified atom stereocenters. The number of thioether (sulfide) groups is 1. The third-order valence-corrected chi connectivity index (χ3v) is 5.65. The van der Waals surface area contributed by atoms with Gasteiger partial charge in [-0.1, -0.05) is 54.6 Å². The zero-order valence-corrected chi connectivity index (χ0v) is 18.9. The first kappa shape index (κ1) is 23.4. The van der Waals surface area contributed by atoms with Crippen LogP contribution in [0.4, 0.5) is 0 Å². The van der Waals surface area contributed by atoms with Gasteiger partial charge in [0.2, 0.25) is 0 Å². The van der Waals surface area contributed by atoms with Crippen LogP contribution in [0.5, 0.6) is 11.5 Å². The van der Waals surface area contributed by atoms with Gasteiger partial charge in [0.25, 0.3) is 0 Å². The highest BCUT2D eigenvalue weighted by atomic mass is 32.2. The zero-order chi connectivity index (χ0) is 23.0. The Morgan fingerprint density at radius 1 is 0.969 bits per heavy atom. The lowest BCUT2D eigenvalue weighted by Crippen LogP contribution is -2.09. The topological polar surface area (TPSA) is 89.9 Å². The number of para-hydroxylation sites is 1. The Hall–Kier alpha value is -3.23. The van der Waals surface area contributed by atoms with E-state index in [4.69, 9.17) is 14.0 Å². The van der Waals surface area contributed by atoms with E-state index < -0.39 is 16.1 Å². The molecule has 32 heavy (non-hydrogen) atoms. The number of carbonyl (C=O) groups is 1. The Morgan fingerprint density at radius 3 is 2.28 bits per heavy atom. The second-order valence-electron chi connectivity index (χ2n) is 6.73. The molecule has 0 bridgehead atoms. The predicted molar refractivity (Wildman–Crippen MR) is 126 cm³/mol. The minimum atomic E-state index is -3.67. The summed E-state index contributed by atoms with van der Waals surface area (Å²) >= 11 is 1.58. The molecule has 0 aliphatic rings. The highest BCUT2D eigenvalue weighted by molar-refractivity contribution is 7.99. The first-order valence-electron chi connectivity index (χ1n) is 9.64. The van der Waals surface area contributed by atoms with Crippen LogP contribution < -0.4 is 8.92 Å². The molecule has 0 fully saturated rings. The molecule has 3 aromatic carbocycles. The van der Waals surface area contributed by atoms with E-state index in [9.17, 15) is 13.2 Å². The Labute approximate surface area is 191 Å². The van der Waals surface area contributed by atoms with E-state index in [-0.39, 0.29) is 12.4 Å². The molecule has 0 heterocycles. The molecule has 166 valence electrons. The van der Waals surface area contributed by atoms with Crippen molar-refractivity contribution >= 4 is 33.4 Å². The largest absolute Gasteiger partial charge is 0.482 e. The molecule has 0 amide bonds. The van der Waals surface area contributed by atoms with E-state index >= 15 is 0 Å². The van der Waals surface area contributed by atoms with Crippen LogP contribution in [-0.4, -0.2) is 38.1 Å². The Morgan fingerprint density at radius 2 is 1.62 bits per heavy atom. The summed E-state index contributed by atoms with van der Waals surface area (Å²) in [4.78, 5) is 11.6. The van der Waals surface area contributed by atoms with E-state index in [0.717, 1.165) is 22.3 Å². The van der Waals surface area contributed by atoms with Crippen LogP contribution in [0.25, 0.3) is 5.57 Å². The zero-order valence-electron chi connectivity index (χ0n) is 17.3. The van der Waals surface area contributed by atoms with E-state index in [1.807, 2.05) is 60.7 Å². The minimum absolute atomic E-state index is 0.273. The van der Waals surface area contributed by atoms with Crippen molar-refractivity contribution in [3.63, 3.8) is 0 Å². The maximum absolute atomic E-state index is 11.7. The van der Waals surface area contributed by atoms with Gasteiger partial charge in [0.1, 0.15) is 11.5 Å². The van der Waals surface area contributed by atoms with E-state index in [2.05, 4.69) is 0 Å². The minimum Gasteiger partial charge on any atom is -0.482 e. The van der Waals surface area contributed by atoms with Crippen LogP contribution in [0.15, 0.2) is 89.8 Å². The maximum Gasteiger partial charge on any atom is 0.341 e. The number of ether oxygens (including phenoxy) is 1. The number of hydrogen-bond acceptors (Lipinski definition) is 6. The third-order valence-electron chi connectivity index (χ3n) is 4.23. The molecule has 0 radical (unpaired) electrons. The molecule has 8 heteroatoms. The molecule has 0 aliphatic heterocycles. The molecule has 0 aliphatic carbocycles. The molecular formula is C24H22O6S2. The molecule has 6 nitrogen and oxygen atoms in total. The Bertz CT molecular complexity index is 1190. The van der Waals surface area contributed by atoms with Crippen molar-refractivity contribution in [2.75, 3.05) is 18.6 Å². The highest BCUT2D eigenvalue weighted by Gasteiger charge is 2.14. The first-order valence-corrected chi connectivity index (χ1v) is 12.4. The molecule has 0 atom stereocenters. The van der Waals surface area contributed by atoms with Gasteiger partial charge in [-0.15, -0.1) is 11.8 Å². The standard InChI is InChI=1S/C24H22O6S2/c1-32(27,28)30-23-10-6-5-9-22(23)21(18-7-3-2-4-8-18)15-16-31-20-13-11-19(12-14-20)29-17-24(25)26/h2-15H,16-17H2,1H3,(H,25,26)/b21-15-. The SMILES string of the molecule is CS(=O)(=O)Oc1ccccc1/C(=C\CSc1ccc(OCC(=O)O)cc1)c1ccccc1. The van der Waals surface area contributed by atoms with Crippen LogP contribution >= 0.6 is 11.8 Å². The molecule has 0 aromatic heterocycles. The number of aliphatic carboxylic acids is 1. The van der Waals surface area contributed by atoms with Crippen LogP contribution in [0, 0.1) is 0 Å². The van der Waals surface area contributed by atoms with Crippen molar-refractivity contribution in [1.82, 2.24) is 0 Å². The monoisotopic (exact) mass is 470 g/mol. The number of benzene rings is 3. The van der Waals surface area contributed by atoms with Crippen LogP contribution in [0.1, 0.15) is 11.1 Å². The summed E-state index contributed by atoms with van der Waals surface area (Å²) in [5.41, 5.74) is 2.48. The van der Waals surface area contributed by atoms with Crippen molar-refractivity contribution < 1.29 is 27.2 Å². The smallest absolute Gasteiger partial charge is 0.341 e. The van der Waals surface area contributed by atoms with Gasteiger partial charge in [0.05, 0.1) is 6.26 Å². The Kier molecular flexibility index (Phi) is 7.97. The maximum atomic E-state index is 11.7.